The number of hydrogen-bond donors (Lipinski definition) is 0. The normalized spacial score (nSPS) is 19.6. The lowest BCUT2D eigenvalue weighted by molar-refractivity contribution is -0.143. The zero-order chi connectivity index (χ0) is 28.1. The van der Waals surface area contributed by atoms with Gasteiger partial charge in [-0.25, -0.2) is 17.5 Å². The number of alkyl halides is 3. The third-order valence-electron chi connectivity index (χ3n) is 7.58. The molecule has 0 aliphatic heterocycles. The fourth-order valence-corrected chi connectivity index (χ4v) is 7.47. The molecule has 0 bridgehead atoms. The number of aryl methyl sites for hydroxylation is 1. The van der Waals surface area contributed by atoms with Crippen LogP contribution < -0.4 is 0 Å². The number of ether oxygens (including phenoxy) is 1. The number of halogens is 4. The number of fused-ring (bicyclic) bond motifs is 1. The van der Waals surface area contributed by atoms with Gasteiger partial charge in [0.15, 0.2) is 5.69 Å². The van der Waals surface area contributed by atoms with Crippen molar-refractivity contribution in [3.05, 3.63) is 70.6 Å². The lowest BCUT2D eigenvalue weighted by Crippen LogP contribution is -2.39. The van der Waals surface area contributed by atoms with E-state index in [4.69, 9.17) is 4.74 Å². The predicted molar refractivity (Wildman–Crippen MR) is 134 cm³/mol. The maximum absolute atomic E-state index is 13.7. The van der Waals surface area contributed by atoms with Gasteiger partial charge in [0.1, 0.15) is 10.7 Å². The molecule has 0 fully saturated rings. The van der Waals surface area contributed by atoms with Crippen LogP contribution in [-0.4, -0.2) is 59.1 Å². The molecule has 0 unspecified atom stereocenters. The van der Waals surface area contributed by atoms with Crippen LogP contribution in [0, 0.1) is 11.7 Å². The van der Waals surface area contributed by atoms with Crippen molar-refractivity contribution in [1.82, 2.24) is 23.9 Å². The van der Waals surface area contributed by atoms with E-state index in [9.17, 15) is 26.0 Å². The second-order valence-corrected chi connectivity index (χ2v) is 11.9. The third-order valence-corrected chi connectivity index (χ3v) is 9.45. The minimum Gasteiger partial charge on any atom is -0.383 e. The SMILES string of the molecule is COCCN(C[C@H]1CCC2=C1[C@@H](C)c1cnn(-c3ccc(F)cc3)c1C2)S(=O)(=O)c1cn(C)nc1C(F)(F)F. The summed E-state index contributed by atoms with van der Waals surface area (Å²) < 4.78 is 90.5. The molecule has 2 atom stereocenters. The van der Waals surface area contributed by atoms with Crippen LogP contribution in [0.4, 0.5) is 17.6 Å². The summed E-state index contributed by atoms with van der Waals surface area (Å²) in [5, 5.41) is 7.94. The number of nitrogens with zero attached hydrogens (tertiary/aromatic N) is 5. The Kier molecular flexibility index (Phi) is 7.18. The number of benzene rings is 1. The molecule has 0 spiro atoms. The van der Waals surface area contributed by atoms with E-state index in [0.29, 0.717) is 12.8 Å². The maximum Gasteiger partial charge on any atom is 0.436 e. The summed E-state index contributed by atoms with van der Waals surface area (Å²) in [5.74, 6) is -0.560. The number of hydrogen-bond acceptors (Lipinski definition) is 5. The minimum atomic E-state index is -4.92. The maximum atomic E-state index is 13.7. The quantitative estimate of drug-likeness (QED) is 0.297. The molecular weight excluding hydrogens is 538 g/mol. The molecule has 2 aliphatic rings. The van der Waals surface area contributed by atoms with Crippen molar-refractivity contribution >= 4 is 10.0 Å². The highest BCUT2D eigenvalue weighted by Crippen LogP contribution is 2.48. The molecule has 39 heavy (non-hydrogen) atoms. The lowest BCUT2D eigenvalue weighted by atomic mass is 9.80. The molecule has 0 N–H and O–H groups in total. The minimum absolute atomic E-state index is 0.0302. The van der Waals surface area contributed by atoms with Gasteiger partial charge in [-0.3, -0.25) is 4.68 Å². The van der Waals surface area contributed by atoms with Crippen LogP contribution in [0.2, 0.25) is 0 Å². The first-order valence-electron chi connectivity index (χ1n) is 12.6. The fourth-order valence-electron chi connectivity index (χ4n) is 5.82. The van der Waals surface area contributed by atoms with Crippen molar-refractivity contribution in [2.24, 2.45) is 13.0 Å². The first kappa shape index (κ1) is 27.5. The zero-order valence-corrected chi connectivity index (χ0v) is 22.6. The number of sulfonamides is 1. The smallest absolute Gasteiger partial charge is 0.383 e. The van der Waals surface area contributed by atoms with Gasteiger partial charge in [0, 0.05) is 51.3 Å². The molecule has 13 heteroatoms. The Hall–Kier alpha value is -3.03. The molecular formula is C26H29F4N5O3S. The van der Waals surface area contributed by atoms with Gasteiger partial charge in [-0.15, -0.1) is 0 Å². The first-order valence-corrected chi connectivity index (χ1v) is 14.0. The van der Waals surface area contributed by atoms with E-state index < -0.39 is 26.8 Å². The van der Waals surface area contributed by atoms with Gasteiger partial charge < -0.3 is 4.74 Å². The standard InChI is InChI=1S/C26H29F4N5O3S/c1-16-21-13-31-35(20-8-6-19(27)7-9-20)22(21)12-17-4-5-18(24(16)17)14-34(10-11-38-3)39(36,37)23-15-33(2)32-25(23)26(28,29)30/h6-9,13,15-16,18H,4-5,10-12,14H2,1-3H3/t16-,18+/m0/s1. The summed E-state index contributed by atoms with van der Waals surface area (Å²) in [7, 11) is -1.85. The fraction of sp³-hybridized carbons (Fsp3) is 0.462. The van der Waals surface area contributed by atoms with E-state index in [0.717, 1.165) is 44.1 Å². The first-order chi connectivity index (χ1) is 18.4. The average molecular weight is 568 g/mol. The van der Waals surface area contributed by atoms with Gasteiger partial charge >= 0.3 is 6.18 Å². The van der Waals surface area contributed by atoms with E-state index in [1.54, 1.807) is 23.0 Å². The van der Waals surface area contributed by atoms with Crippen LogP contribution in [-0.2, 0) is 34.4 Å². The highest BCUT2D eigenvalue weighted by Gasteiger charge is 2.44. The summed E-state index contributed by atoms with van der Waals surface area (Å²) in [6.07, 6.45) is -0.185. The second kappa shape index (κ2) is 10.2. The molecule has 2 heterocycles. The third kappa shape index (κ3) is 5.03. The van der Waals surface area contributed by atoms with Crippen molar-refractivity contribution in [3.63, 3.8) is 0 Å². The van der Waals surface area contributed by atoms with Gasteiger partial charge in [-0.2, -0.15) is 27.7 Å². The van der Waals surface area contributed by atoms with Crippen molar-refractivity contribution in [2.75, 3.05) is 26.8 Å². The average Bonchev–Trinajstić information content (AvgIpc) is 3.59. The van der Waals surface area contributed by atoms with Crippen LogP contribution in [0.5, 0.6) is 0 Å². The van der Waals surface area contributed by atoms with Crippen LogP contribution in [0.15, 0.2) is 52.7 Å². The largest absolute Gasteiger partial charge is 0.436 e. The summed E-state index contributed by atoms with van der Waals surface area (Å²) in [5.41, 5.74) is 3.62. The van der Waals surface area contributed by atoms with E-state index >= 15 is 0 Å². The Morgan fingerprint density at radius 2 is 1.92 bits per heavy atom. The number of allylic oxidation sites excluding steroid dienone is 1. The molecule has 210 valence electrons. The Labute approximate surface area is 223 Å². The van der Waals surface area contributed by atoms with E-state index in [2.05, 4.69) is 10.2 Å². The van der Waals surface area contributed by atoms with Gasteiger partial charge in [-0.1, -0.05) is 18.1 Å². The lowest BCUT2D eigenvalue weighted by Gasteiger charge is -2.30. The predicted octanol–water partition coefficient (Wildman–Crippen LogP) is 4.47. The summed E-state index contributed by atoms with van der Waals surface area (Å²) in [4.78, 5) is -0.861. The van der Waals surface area contributed by atoms with Gasteiger partial charge in [0.05, 0.1) is 24.2 Å². The monoisotopic (exact) mass is 567 g/mol. The van der Waals surface area contributed by atoms with Crippen molar-refractivity contribution in [2.45, 2.75) is 43.2 Å². The number of methoxy groups -OCH3 is 1. The number of aromatic nitrogens is 4. The van der Waals surface area contributed by atoms with Crippen LogP contribution in [0.3, 0.4) is 0 Å². The topological polar surface area (TPSA) is 82.3 Å². The molecule has 2 aromatic heterocycles. The molecule has 3 aromatic rings. The van der Waals surface area contributed by atoms with Crippen LogP contribution in [0.25, 0.3) is 5.69 Å². The van der Waals surface area contributed by atoms with Crippen molar-refractivity contribution in [3.8, 4) is 5.69 Å². The molecule has 1 aromatic carbocycles. The Morgan fingerprint density at radius 3 is 2.59 bits per heavy atom. The van der Waals surface area contributed by atoms with Gasteiger partial charge in [0.2, 0.25) is 10.0 Å². The summed E-state index contributed by atoms with van der Waals surface area (Å²) >= 11 is 0. The molecule has 2 aliphatic carbocycles. The summed E-state index contributed by atoms with van der Waals surface area (Å²) in [6.45, 7) is 2.01. The Morgan fingerprint density at radius 1 is 1.21 bits per heavy atom. The molecule has 5 rings (SSSR count). The molecule has 0 amide bonds. The van der Waals surface area contributed by atoms with E-state index in [1.807, 2.05) is 6.92 Å². The van der Waals surface area contributed by atoms with E-state index in [-0.39, 0.29) is 37.3 Å². The van der Waals surface area contributed by atoms with Gasteiger partial charge in [-0.05, 0) is 43.0 Å². The molecule has 0 saturated heterocycles. The molecule has 8 nitrogen and oxygen atoms in total. The highest BCUT2D eigenvalue weighted by atomic mass is 32.2. The summed E-state index contributed by atoms with van der Waals surface area (Å²) in [6, 6.07) is 6.10. The second-order valence-electron chi connectivity index (χ2n) is 10.00. The van der Waals surface area contributed by atoms with Crippen molar-refractivity contribution in [1.29, 1.82) is 0 Å². The van der Waals surface area contributed by atoms with Gasteiger partial charge in [0.25, 0.3) is 0 Å². The number of rotatable bonds is 8. The van der Waals surface area contributed by atoms with Crippen LogP contribution in [0.1, 0.15) is 42.6 Å². The highest BCUT2D eigenvalue weighted by molar-refractivity contribution is 7.89. The van der Waals surface area contributed by atoms with Crippen LogP contribution >= 0.6 is 0 Å². The Balaban J connectivity index is 1.45. The zero-order valence-electron chi connectivity index (χ0n) is 21.7. The van der Waals surface area contributed by atoms with Crippen molar-refractivity contribution < 1.29 is 30.7 Å². The van der Waals surface area contributed by atoms with E-state index in [1.165, 1.54) is 31.9 Å². The molecule has 0 saturated carbocycles. The molecule has 0 radical (unpaired) electrons. The Bertz CT molecular complexity index is 1510.